The molecule has 0 saturated carbocycles. The molecule has 0 radical (unpaired) electrons. The van der Waals surface area contributed by atoms with Gasteiger partial charge in [-0.2, -0.15) is 5.10 Å². The second-order valence-corrected chi connectivity index (χ2v) is 9.49. The van der Waals surface area contributed by atoms with Crippen molar-refractivity contribution in [3.8, 4) is 5.88 Å². The molecule has 2 aliphatic carbocycles. The van der Waals surface area contributed by atoms with Gasteiger partial charge >= 0.3 is 6.03 Å². The number of urea groups is 1. The number of nitrogens with zero attached hydrogens (tertiary/aromatic N) is 3. The van der Waals surface area contributed by atoms with Crippen LogP contribution < -0.4 is 15.2 Å². The van der Waals surface area contributed by atoms with Crippen LogP contribution in [0.5, 0.6) is 5.88 Å². The third-order valence-corrected chi connectivity index (χ3v) is 7.27. The topological polar surface area (TPSA) is 132 Å². The zero-order valence-corrected chi connectivity index (χ0v) is 16.7. The third-order valence-electron chi connectivity index (χ3n) is 5.93. The highest BCUT2D eigenvalue weighted by atomic mass is 32.2. The average Bonchev–Trinajstić information content (AvgIpc) is 3.43. The molecule has 0 saturated heterocycles. The predicted molar refractivity (Wildman–Crippen MR) is 106 cm³/mol. The zero-order valence-electron chi connectivity index (χ0n) is 15.9. The lowest BCUT2D eigenvalue weighted by atomic mass is 9.99. The molecule has 10 heteroatoms. The van der Waals surface area contributed by atoms with Gasteiger partial charge in [-0.05, 0) is 60.8 Å². The fourth-order valence-corrected chi connectivity index (χ4v) is 5.57. The Bertz CT molecular complexity index is 1100. The molecule has 2 atom stereocenters. The minimum atomic E-state index is -3.55. The number of fused-ring (bicyclic) bond motifs is 3. The molecule has 0 unspecified atom stereocenters. The number of carbonyl (C=O) groups excluding carboxylic acids is 1. The monoisotopic (exact) mass is 417 g/mol. The molecule has 9 nitrogen and oxygen atoms in total. The lowest BCUT2D eigenvalue weighted by Crippen LogP contribution is -2.19. The highest BCUT2D eigenvalue weighted by Gasteiger charge is 2.31. The van der Waals surface area contributed by atoms with Crippen molar-refractivity contribution in [1.29, 1.82) is 0 Å². The normalized spacial score (nSPS) is 21.1. The van der Waals surface area contributed by atoms with E-state index >= 15 is 0 Å². The zero-order chi connectivity index (χ0) is 20.2. The fraction of sp³-hybridized carbons (Fsp3) is 0.474. The Morgan fingerprint density at radius 3 is 2.66 bits per heavy atom. The number of hydrogen-bond donors (Lipinski definition) is 3. The summed E-state index contributed by atoms with van der Waals surface area (Å²) in [5, 5.41) is 22.2. The molecular formula is C19H23N5O4S. The molecule has 4 N–H and O–H groups in total. The second kappa shape index (κ2) is 6.82. The molecule has 1 aromatic carbocycles. The maximum absolute atomic E-state index is 13.0. The second-order valence-electron chi connectivity index (χ2n) is 7.73. The van der Waals surface area contributed by atoms with Crippen LogP contribution in [0.1, 0.15) is 41.1 Å². The van der Waals surface area contributed by atoms with Gasteiger partial charge in [-0.25, -0.2) is 18.8 Å². The molecule has 1 aliphatic heterocycles. The van der Waals surface area contributed by atoms with Gasteiger partial charge in [0.15, 0.2) is 9.92 Å². The summed E-state index contributed by atoms with van der Waals surface area (Å²) in [6.45, 7) is 0.0401. The number of benzene rings is 1. The van der Waals surface area contributed by atoms with Gasteiger partial charge in [0.1, 0.15) is 17.5 Å². The van der Waals surface area contributed by atoms with Crippen LogP contribution in [0.25, 0.3) is 0 Å². The summed E-state index contributed by atoms with van der Waals surface area (Å²) in [4.78, 5) is 12.8. The summed E-state index contributed by atoms with van der Waals surface area (Å²) in [6.07, 6.45) is 7.29. The van der Waals surface area contributed by atoms with Crippen molar-refractivity contribution < 1.29 is 18.8 Å². The lowest BCUT2D eigenvalue weighted by Gasteiger charge is -2.15. The fourth-order valence-electron chi connectivity index (χ4n) is 4.58. The molecule has 3 aliphatic rings. The Labute approximate surface area is 168 Å². The number of hydrogen-bond acceptors (Lipinski definition) is 5. The number of aliphatic hydroxyl groups is 1. The van der Waals surface area contributed by atoms with Gasteiger partial charge in [0.25, 0.3) is 0 Å². The highest BCUT2D eigenvalue weighted by Crippen LogP contribution is 2.39. The van der Waals surface area contributed by atoms with Gasteiger partial charge in [-0.3, -0.25) is 0 Å². The predicted octanol–water partition coefficient (Wildman–Crippen LogP) is 1.72. The molecule has 29 heavy (non-hydrogen) atoms. The van der Waals surface area contributed by atoms with E-state index in [0.717, 1.165) is 44.2 Å². The summed E-state index contributed by atoms with van der Waals surface area (Å²) in [6, 6.07) is 1.18. The van der Waals surface area contributed by atoms with Crippen LogP contribution in [0.15, 0.2) is 21.5 Å². The van der Waals surface area contributed by atoms with Gasteiger partial charge in [0.05, 0.1) is 12.8 Å². The quantitative estimate of drug-likeness (QED) is 0.700. The number of ether oxygens (including phenoxy) is 1. The Kier molecular flexibility index (Phi) is 4.37. The van der Waals surface area contributed by atoms with Crippen molar-refractivity contribution in [2.45, 2.75) is 49.5 Å². The average molecular weight is 417 g/mol. The summed E-state index contributed by atoms with van der Waals surface area (Å²) in [5.74, 6) is 0.189. The van der Waals surface area contributed by atoms with Gasteiger partial charge in [0, 0.05) is 5.69 Å². The van der Waals surface area contributed by atoms with E-state index in [2.05, 4.69) is 20.8 Å². The van der Waals surface area contributed by atoms with Gasteiger partial charge in [-0.15, -0.1) is 4.36 Å². The van der Waals surface area contributed by atoms with E-state index in [1.807, 2.05) is 0 Å². The Morgan fingerprint density at radius 2 is 2.00 bits per heavy atom. The van der Waals surface area contributed by atoms with Gasteiger partial charge in [-0.1, -0.05) is 6.07 Å². The molecule has 2 heterocycles. The number of aliphatic hydroxyl groups excluding tert-OH is 1. The smallest absolute Gasteiger partial charge is 0.354 e. The Balaban J connectivity index is 1.47. The van der Waals surface area contributed by atoms with Crippen molar-refractivity contribution in [2.24, 2.45) is 9.50 Å². The van der Waals surface area contributed by atoms with E-state index in [1.54, 1.807) is 0 Å². The van der Waals surface area contributed by atoms with E-state index in [4.69, 9.17) is 9.88 Å². The first-order valence-corrected chi connectivity index (χ1v) is 11.4. The molecule has 2 aromatic rings. The largest absolute Gasteiger partial charge is 0.475 e. The standard InChI is InChI=1S/C19H23N5O4S/c20-29(27,16-8-21-24-13(9-25)10-28-18(16)24)23-19(26)22-17-14-5-1-3-11(14)7-12-4-2-6-15(12)17/h7-8,13,25H,1-6,9-10H2,(H3,20,22,23,26,27)/t13-,29+/m0/s1. The van der Waals surface area contributed by atoms with Crippen LogP contribution in [0.2, 0.25) is 0 Å². The molecule has 0 fully saturated rings. The first kappa shape index (κ1) is 18.6. The minimum Gasteiger partial charge on any atom is -0.475 e. The lowest BCUT2D eigenvalue weighted by molar-refractivity contribution is 0.206. The number of aromatic nitrogens is 2. The van der Waals surface area contributed by atoms with Crippen molar-refractivity contribution in [2.75, 3.05) is 18.5 Å². The van der Waals surface area contributed by atoms with E-state index in [-0.39, 0.29) is 30.0 Å². The summed E-state index contributed by atoms with van der Waals surface area (Å²) in [7, 11) is -3.55. The SMILES string of the molecule is N[S@@](=O)(=NC(=O)Nc1c2c(cc3c1CCC3)CCC2)c1cnn2c1OC[C@@H]2CO. The maximum Gasteiger partial charge on any atom is 0.354 e. The summed E-state index contributed by atoms with van der Waals surface area (Å²) in [5.41, 5.74) is 5.73. The number of aryl methyl sites for hydroxylation is 2. The van der Waals surface area contributed by atoms with Crippen LogP contribution in [-0.2, 0) is 35.6 Å². The van der Waals surface area contributed by atoms with Crippen molar-refractivity contribution >= 4 is 21.6 Å². The minimum absolute atomic E-state index is 0.0621. The molecule has 2 amide bonds. The first-order valence-electron chi connectivity index (χ1n) is 9.81. The first-order chi connectivity index (χ1) is 14.0. The van der Waals surface area contributed by atoms with Crippen LogP contribution in [0.3, 0.4) is 0 Å². The maximum atomic E-state index is 13.0. The molecular weight excluding hydrogens is 394 g/mol. The number of anilines is 1. The molecule has 0 spiro atoms. The summed E-state index contributed by atoms with van der Waals surface area (Å²) < 4.78 is 23.7. The number of carbonyl (C=O) groups is 1. The molecule has 5 rings (SSSR count). The highest BCUT2D eigenvalue weighted by molar-refractivity contribution is 7.91. The summed E-state index contributed by atoms with van der Waals surface area (Å²) >= 11 is 0. The van der Waals surface area contributed by atoms with E-state index in [9.17, 15) is 14.1 Å². The van der Waals surface area contributed by atoms with Crippen LogP contribution in [0, 0.1) is 0 Å². The number of rotatable bonds is 3. The van der Waals surface area contributed by atoms with Crippen LogP contribution in [-0.4, -0.2) is 38.3 Å². The third kappa shape index (κ3) is 3.02. The van der Waals surface area contributed by atoms with E-state index < -0.39 is 15.9 Å². The van der Waals surface area contributed by atoms with Crippen molar-refractivity contribution in [3.05, 3.63) is 34.5 Å². The van der Waals surface area contributed by atoms with Crippen molar-refractivity contribution in [1.82, 2.24) is 9.78 Å². The van der Waals surface area contributed by atoms with E-state index in [0.29, 0.717) is 0 Å². The van der Waals surface area contributed by atoms with Gasteiger partial charge in [0.2, 0.25) is 5.88 Å². The van der Waals surface area contributed by atoms with Crippen molar-refractivity contribution in [3.63, 3.8) is 0 Å². The Hall–Kier alpha value is -2.43. The Morgan fingerprint density at radius 1 is 1.31 bits per heavy atom. The number of nitrogens with one attached hydrogen (secondary N) is 1. The number of nitrogens with two attached hydrogens (primary N) is 1. The number of amides is 2. The van der Waals surface area contributed by atoms with E-state index in [1.165, 1.54) is 33.1 Å². The van der Waals surface area contributed by atoms with Crippen LogP contribution in [0.4, 0.5) is 10.5 Å². The van der Waals surface area contributed by atoms with Crippen LogP contribution >= 0.6 is 0 Å². The molecule has 154 valence electrons. The molecule has 1 aromatic heterocycles. The molecule has 0 bridgehead atoms. The van der Waals surface area contributed by atoms with Gasteiger partial charge < -0.3 is 15.2 Å².